The van der Waals surface area contributed by atoms with Gasteiger partial charge in [0.05, 0.1) is 18.1 Å². The minimum Gasteiger partial charge on any atom is -0.449 e. The predicted molar refractivity (Wildman–Crippen MR) is 113 cm³/mol. The zero-order valence-electron chi connectivity index (χ0n) is 15.9. The third-order valence-corrected chi connectivity index (χ3v) is 4.90. The third kappa shape index (κ3) is 4.27. The van der Waals surface area contributed by atoms with Crippen molar-refractivity contribution in [2.24, 2.45) is 0 Å². The van der Waals surface area contributed by atoms with Crippen molar-refractivity contribution < 1.29 is 9.53 Å². The largest absolute Gasteiger partial charge is 0.449 e. The number of aromatic nitrogens is 2. The molecule has 3 N–H and O–H groups in total. The molecular formula is C23H22N4O2. The van der Waals surface area contributed by atoms with Crippen LogP contribution in [0, 0.1) is 0 Å². The van der Waals surface area contributed by atoms with Gasteiger partial charge in [-0.05, 0) is 34.8 Å². The van der Waals surface area contributed by atoms with Crippen LogP contribution in [0.25, 0.3) is 17.2 Å². The maximum Gasteiger partial charge on any atom is 0.407 e. The molecule has 6 nitrogen and oxygen atoms in total. The second-order valence-electron chi connectivity index (χ2n) is 6.81. The van der Waals surface area contributed by atoms with E-state index in [1.807, 2.05) is 36.4 Å². The molecule has 0 spiro atoms. The Kier molecular flexibility index (Phi) is 5.52. The smallest absolute Gasteiger partial charge is 0.407 e. The van der Waals surface area contributed by atoms with Gasteiger partial charge in [0.2, 0.25) is 0 Å². The molecule has 29 heavy (non-hydrogen) atoms. The fourth-order valence-corrected chi connectivity index (χ4v) is 3.55. The molecule has 4 rings (SSSR count). The Labute approximate surface area is 169 Å². The molecule has 0 unspecified atom stereocenters. The summed E-state index contributed by atoms with van der Waals surface area (Å²) >= 11 is 0. The molecule has 1 heterocycles. The third-order valence-electron chi connectivity index (χ3n) is 4.90. The number of carbonyl (C=O) groups is 1. The molecule has 0 radical (unpaired) electrons. The predicted octanol–water partition coefficient (Wildman–Crippen LogP) is 4.00. The van der Waals surface area contributed by atoms with Gasteiger partial charge >= 0.3 is 6.09 Å². The summed E-state index contributed by atoms with van der Waals surface area (Å²) in [6.45, 7) is 0.798. The van der Waals surface area contributed by atoms with E-state index in [0.717, 1.165) is 5.69 Å². The van der Waals surface area contributed by atoms with E-state index >= 15 is 0 Å². The lowest BCUT2D eigenvalue weighted by atomic mass is 9.98. The Balaban J connectivity index is 1.27. The van der Waals surface area contributed by atoms with Crippen molar-refractivity contribution in [2.75, 3.05) is 18.9 Å². The Bertz CT molecular complexity index is 986. The quantitative estimate of drug-likeness (QED) is 0.625. The number of hydrogen-bond acceptors (Lipinski definition) is 5. The molecule has 1 amide bonds. The van der Waals surface area contributed by atoms with Crippen LogP contribution in [0.4, 0.5) is 10.6 Å². The number of nitrogens with one attached hydrogen (secondary N) is 1. The highest BCUT2D eigenvalue weighted by molar-refractivity contribution is 5.79. The fourth-order valence-electron chi connectivity index (χ4n) is 3.55. The number of nitrogens with zero attached hydrogens (tertiary/aromatic N) is 2. The van der Waals surface area contributed by atoms with E-state index in [2.05, 4.69) is 39.6 Å². The van der Waals surface area contributed by atoms with Crippen LogP contribution in [0.1, 0.15) is 29.2 Å². The number of carbonyl (C=O) groups excluding carboxylic acids is 1. The molecule has 0 fully saturated rings. The standard InChI is InChI=1S/C23H22N4O2/c24-22-14-26-16(13-27-22)7-5-6-12-25-23(28)29-15-21-19-10-3-1-8-17(19)18-9-2-4-11-20(18)21/h1-5,7-11,13-14,21H,6,12,15H2,(H2,24,27)(H,25,28). The first-order chi connectivity index (χ1) is 14.2. The lowest BCUT2D eigenvalue weighted by Crippen LogP contribution is -2.26. The molecule has 0 saturated heterocycles. The van der Waals surface area contributed by atoms with E-state index in [1.54, 1.807) is 6.20 Å². The minimum absolute atomic E-state index is 0.0668. The lowest BCUT2D eigenvalue weighted by molar-refractivity contribution is 0.143. The van der Waals surface area contributed by atoms with Gasteiger partial charge in [0.1, 0.15) is 12.4 Å². The van der Waals surface area contributed by atoms with E-state index in [9.17, 15) is 4.79 Å². The highest BCUT2D eigenvalue weighted by Crippen LogP contribution is 2.44. The van der Waals surface area contributed by atoms with Crippen molar-refractivity contribution in [3.63, 3.8) is 0 Å². The van der Waals surface area contributed by atoms with Gasteiger partial charge in [-0.15, -0.1) is 0 Å². The Morgan fingerprint density at radius 1 is 1.03 bits per heavy atom. The minimum atomic E-state index is -0.410. The molecule has 0 saturated carbocycles. The van der Waals surface area contributed by atoms with Crippen molar-refractivity contribution in [1.29, 1.82) is 0 Å². The SMILES string of the molecule is Nc1cnc(C=CCCNC(=O)OCC2c3ccccc3-c3ccccc32)cn1. The van der Waals surface area contributed by atoms with Crippen LogP contribution in [-0.4, -0.2) is 29.2 Å². The van der Waals surface area contributed by atoms with Crippen LogP contribution in [-0.2, 0) is 4.74 Å². The highest BCUT2D eigenvalue weighted by atomic mass is 16.5. The van der Waals surface area contributed by atoms with Crippen LogP contribution in [0.15, 0.2) is 67.0 Å². The Hall–Kier alpha value is -3.67. The number of hydrogen-bond donors (Lipinski definition) is 2. The first-order valence-corrected chi connectivity index (χ1v) is 9.55. The fraction of sp³-hybridized carbons (Fsp3) is 0.174. The second-order valence-corrected chi connectivity index (χ2v) is 6.81. The molecule has 6 heteroatoms. The number of alkyl carbamates (subject to hydrolysis) is 1. The van der Waals surface area contributed by atoms with Crippen LogP contribution in [0.2, 0.25) is 0 Å². The molecule has 0 atom stereocenters. The first-order valence-electron chi connectivity index (χ1n) is 9.55. The summed E-state index contributed by atoms with van der Waals surface area (Å²) in [4.78, 5) is 20.2. The normalized spacial score (nSPS) is 12.6. The van der Waals surface area contributed by atoms with E-state index in [1.165, 1.54) is 28.5 Å². The molecule has 1 aliphatic rings. The van der Waals surface area contributed by atoms with E-state index in [4.69, 9.17) is 10.5 Å². The Morgan fingerprint density at radius 3 is 2.38 bits per heavy atom. The first kappa shape index (κ1) is 18.7. The second kappa shape index (κ2) is 8.56. The molecule has 0 aliphatic heterocycles. The number of nitrogen functional groups attached to an aromatic ring is 1. The summed E-state index contributed by atoms with van der Waals surface area (Å²) < 4.78 is 5.51. The van der Waals surface area contributed by atoms with Gasteiger partial charge in [-0.2, -0.15) is 0 Å². The summed E-state index contributed by atoms with van der Waals surface area (Å²) in [5.41, 5.74) is 11.1. The summed E-state index contributed by atoms with van der Waals surface area (Å²) in [6, 6.07) is 16.6. The van der Waals surface area contributed by atoms with Gasteiger partial charge < -0.3 is 15.8 Å². The molecule has 146 valence electrons. The van der Waals surface area contributed by atoms with Crippen LogP contribution in [0.5, 0.6) is 0 Å². The molecule has 2 aromatic carbocycles. The number of anilines is 1. The summed E-state index contributed by atoms with van der Waals surface area (Å²) in [7, 11) is 0. The number of nitrogens with two attached hydrogens (primary N) is 1. The van der Waals surface area contributed by atoms with E-state index < -0.39 is 6.09 Å². The lowest BCUT2D eigenvalue weighted by Gasteiger charge is -2.14. The zero-order valence-corrected chi connectivity index (χ0v) is 15.9. The van der Waals surface area contributed by atoms with Gasteiger partial charge in [0.15, 0.2) is 0 Å². The van der Waals surface area contributed by atoms with Crippen LogP contribution in [0.3, 0.4) is 0 Å². The maximum absolute atomic E-state index is 12.1. The van der Waals surface area contributed by atoms with Crippen molar-refractivity contribution in [2.45, 2.75) is 12.3 Å². The van der Waals surface area contributed by atoms with Crippen molar-refractivity contribution in [3.05, 3.63) is 83.8 Å². The summed E-state index contributed by atoms with van der Waals surface area (Å²) in [6.07, 6.45) is 7.12. The summed E-state index contributed by atoms with van der Waals surface area (Å²) in [5.74, 6) is 0.455. The topological polar surface area (TPSA) is 90.1 Å². The molecular weight excluding hydrogens is 364 g/mol. The summed E-state index contributed by atoms with van der Waals surface area (Å²) in [5, 5.41) is 2.78. The number of benzene rings is 2. The van der Waals surface area contributed by atoms with Gasteiger partial charge in [-0.1, -0.05) is 54.6 Å². The number of rotatable bonds is 6. The molecule has 1 aliphatic carbocycles. The molecule has 1 aromatic heterocycles. The average molecular weight is 386 g/mol. The Morgan fingerprint density at radius 2 is 1.72 bits per heavy atom. The van der Waals surface area contributed by atoms with E-state index in [-0.39, 0.29) is 5.92 Å². The highest BCUT2D eigenvalue weighted by Gasteiger charge is 2.28. The monoisotopic (exact) mass is 386 g/mol. The van der Waals surface area contributed by atoms with Gasteiger partial charge in [0, 0.05) is 12.5 Å². The number of fused-ring (bicyclic) bond motifs is 3. The van der Waals surface area contributed by atoms with Crippen molar-refractivity contribution in [1.82, 2.24) is 15.3 Å². The van der Waals surface area contributed by atoms with Gasteiger partial charge in [0.25, 0.3) is 0 Å². The maximum atomic E-state index is 12.1. The number of amides is 1. The van der Waals surface area contributed by atoms with Crippen molar-refractivity contribution >= 4 is 18.0 Å². The van der Waals surface area contributed by atoms with Gasteiger partial charge in [-0.25, -0.2) is 9.78 Å². The molecule has 3 aromatic rings. The van der Waals surface area contributed by atoms with E-state index in [0.29, 0.717) is 25.4 Å². The number of ether oxygens (including phenoxy) is 1. The zero-order chi connectivity index (χ0) is 20.1. The van der Waals surface area contributed by atoms with Crippen LogP contribution < -0.4 is 11.1 Å². The van der Waals surface area contributed by atoms with Crippen molar-refractivity contribution in [3.8, 4) is 11.1 Å². The average Bonchev–Trinajstić information content (AvgIpc) is 3.07. The van der Waals surface area contributed by atoms with Crippen LogP contribution >= 0.6 is 0 Å². The van der Waals surface area contributed by atoms with Gasteiger partial charge in [-0.3, -0.25) is 4.98 Å². The molecule has 0 bridgehead atoms.